The van der Waals surface area contributed by atoms with Crippen molar-refractivity contribution in [3.8, 4) is 0 Å². The van der Waals surface area contributed by atoms with E-state index < -0.39 is 0 Å². The number of aromatic amines is 1. The molecule has 0 saturated carbocycles. The SMILES string of the molecule is Cc1nn(C)c(C)c1CCC(=O)NCCc1n[nH]c(=S)n1C(C)C. The predicted octanol–water partition coefficient (Wildman–Crippen LogP) is 2.16. The van der Waals surface area contributed by atoms with E-state index in [4.69, 9.17) is 12.2 Å². The van der Waals surface area contributed by atoms with Gasteiger partial charge in [0.25, 0.3) is 0 Å². The van der Waals surface area contributed by atoms with E-state index in [1.165, 1.54) is 0 Å². The highest BCUT2D eigenvalue weighted by Gasteiger charge is 2.12. The maximum Gasteiger partial charge on any atom is 0.220 e. The van der Waals surface area contributed by atoms with Gasteiger partial charge in [-0.2, -0.15) is 10.2 Å². The van der Waals surface area contributed by atoms with E-state index in [0.29, 0.717) is 30.6 Å². The largest absolute Gasteiger partial charge is 0.356 e. The summed E-state index contributed by atoms with van der Waals surface area (Å²) in [4.78, 5) is 12.1. The van der Waals surface area contributed by atoms with Crippen molar-refractivity contribution in [2.45, 2.75) is 53.0 Å². The second-order valence-corrected chi connectivity index (χ2v) is 6.67. The third-order valence-electron chi connectivity index (χ3n) is 4.23. The number of H-pyrrole nitrogens is 1. The first kappa shape index (κ1) is 18.4. The van der Waals surface area contributed by atoms with Crippen LogP contribution in [-0.4, -0.2) is 37.0 Å². The zero-order valence-electron chi connectivity index (χ0n) is 15.0. The molecule has 2 heterocycles. The van der Waals surface area contributed by atoms with E-state index in [9.17, 15) is 4.79 Å². The summed E-state index contributed by atoms with van der Waals surface area (Å²) in [5.41, 5.74) is 3.27. The van der Waals surface area contributed by atoms with Crippen LogP contribution in [0.1, 0.15) is 49.1 Å². The Bertz CT molecular complexity index is 770. The van der Waals surface area contributed by atoms with Gasteiger partial charge in [0.1, 0.15) is 5.82 Å². The zero-order chi connectivity index (χ0) is 17.9. The van der Waals surface area contributed by atoms with Crippen molar-refractivity contribution in [2.24, 2.45) is 7.05 Å². The van der Waals surface area contributed by atoms with Crippen LogP contribution in [0.15, 0.2) is 0 Å². The minimum Gasteiger partial charge on any atom is -0.356 e. The molecule has 7 nitrogen and oxygen atoms in total. The second-order valence-electron chi connectivity index (χ2n) is 6.28. The molecule has 1 amide bonds. The molecule has 0 aliphatic heterocycles. The Morgan fingerprint density at radius 2 is 2.04 bits per heavy atom. The number of carbonyl (C=O) groups is 1. The second kappa shape index (κ2) is 7.74. The van der Waals surface area contributed by atoms with Crippen molar-refractivity contribution in [3.05, 3.63) is 27.5 Å². The lowest BCUT2D eigenvalue weighted by atomic mass is 10.1. The van der Waals surface area contributed by atoms with E-state index in [1.807, 2.05) is 30.1 Å². The highest BCUT2D eigenvalue weighted by molar-refractivity contribution is 7.71. The first-order valence-electron chi connectivity index (χ1n) is 8.22. The molecule has 0 saturated heterocycles. The first-order valence-corrected chi connectivity index (χ1v) is 8.63. The Kier molecular flexibility index (Phi) is 5.93. The minimum absolute atomic E-state index is 0.0443. The average molecular weight is 350 g/mol. The predicted molar refractivity (Wildman–Crippen MR) is 95.5 cm³/mol. The Labute approximate surface area is 147 Å². The van der Waals surface area contributed by atoms with Gasteiger partial charge in [-0.25, -0.2) is 0 Å². The molecule has 0 radical (unpaired) electrons. The van der Waals surface area contributed by atoms with E-state index in [1.54, 1.807) is 0 Å². The number of aryl methyl sites for hydroxylation is 2. The fourth-order valence-corrected chi connectivity index (χ4v) is 3.23. The van der Waals surface area contributed by atoms with Crippen LogP contribution in [0.2, 0.25) is 0 Å². The number of nitrogens with zero attached hydrogens (tertiary/aromatic N) is 4. The summed E-state index contributed by atoms with van der Waals surface area (Å²) in [6.07, 6.45) is 1.83. The quantitative estimate of drug-likeness (QED) is 0.750. The maximum absolute atomic E-state index is 12.1. The van der Waals surface area contributed by atoms with Gasteiger partial charge in [-0.1, -0.05) is 0 Å². The highest BCUT2D eigenvalue weighted by atomic mass is 32.1. The molecule has 0 aliphatic carbocycles. The van der Waals surface area contributed by atoms with Gasteiger partial charge in [-0.05, 0) is 51.9 Å². The van der Waals surface area contributed by atoms with Crippen LogP contribution in [0.3, 0.4) is 0 Å². The molecule has 2 aromatic rings. The summed E-state index contributed by atoms with van der Waals surface area (Å²) >= 11 is 5.22. The van der Waals surface area contributed by atoms with Crippen molar-refractivity contribution in [2.75, 3.05) is 6.54 Å². The number of hydrogen-bond donors (Lipinski definition) is 2. The molecule has 0 spiro atoms. The lowest BCUT2D eigenvalue weighted by Crippen LogP contribution is -2.27. The number of aromatic nitrogens is 5. The molecular formula is C16H26N6OS. The van der Waals surface area contributed by atoms with Gasteiger partial charge < -0.3 is 9.88 Å². The number of rotatable bonds is 7. The van der Waals surface area contributed by atoms with Crippen molar-refractivity contribution in [3.63, 3.8) is 0 Å². The van der Waals surface area contributed by atoms with Crippen LogP contribution in [0.5, 0.6) is 0 Å². The van der Waals surface area contributed by atoms with E-state index in [2.05, 4.69) is 34.5 Å². The molecule has 0 aliphatic rings. The van der Waals surface area contributed by atoms with Crippen molar-refractivity contribution in [1.29, 1.82) is 0 Å². The molecule has 8 heteroatoms. The van der Waals surface area contributed by atoms with Gasteiger partial charge in [0.15, 0.2) is 4.77 Å². The zero-order valence-corrected chi connectivity index (χ0v) is 15.8. The monoisotopic (exact) mass is 350 g/mol. The van der Waals surface area contributed by atoms with Crippen LogP contribution in [0.25, 0.3) is 0 Å². The van der Waals surface area contributed by atoms with Crippen molar-refractivity contribution in [1.82, 2.24) is 29.9 Å². The summed E-state index contributed by atoms with van der Waals surface area (Å²) in [6.45, 7) is 8.69. The molecular weight excluding hydrogens is 324 g/mol. The molecule has 0 aromatic carbocycles. The van der Waals surface area contributed by atoms with Crippen molar-refractivity contribution < 1.29 is 4.79 Å². The normalized spacial score (nSPS) is 11.2. The van der Waals surface area contributed by atoms with E-state index in [-0.39, 0.29) is 11.9 Å². The van der Waals surface area contributed by atoms with Crippen LogP contribution in [0.4, 0.5) is 0 Å². The van der Waals surface area contributed by atoms with Gasteiger partial charge in [0.05, 0.1) is 5.69 Å². The minimum atomic E-state index is 0.0443. The molecule has 24 heavy (non-hydrogen) atoms. The van der Waals surface area contributed by atoms with Crippen molar-refractivity contribution >= 4 is 18.1 Å². The molecule has 2 rings (SSSR count). The molecule has 0 bridgehead atoms. The Hall–Kier alpha value is -1.96. The van der Waals surface area contributed by atoms with Gasteiger partial charge in [-0.3, -0.25) is 14.6 Å². The van der Waals surface area contributed by atoms with Crippen LogP contribution in [-0.2, 0) is 24.7 Å². The maximum atomic E-state index is 12.1. The summed E-state index contributed by atoms with van der Waals surface area (Å²) in [6, 6.07) is 0.249. The molecule has 2 N–H and O–H groups in total. The highest BCUT2D eigenvalue weighted by Crippen LogP contribution is 2.14. The number of nitrogens with one attached hydrogen (secondary N) is 2. The Balaban J connectivity index is 1.83. The molecule has 0 atom stereocenters. The van der Waals surface area contributed by atoms with Crippen LogP contribution >= 0.6 is 12.2 Å². The molecule has 0 fully saturated rings. The van der Waals surface area contributed by atoms with Gasteiger partial charge in [0, 0.05) is 38.2 Å². The van der Waals surface area contributed by atoms with E-state index in [0.717, 1.165) is 22.8 Å². The topological polar surface area (TPSA) is 80.5 Å². The third kappa shape index (κ3) is 4.11. The van der Waals surface area contributed by atoms with Gasteiger partial charge >= 0.3 is 0 Å². The summed E-state index contributed by atoms with van der Waals surface area (Å²) in [5.74, 6) is 0.914. The number of carbonyl (C=O) groups excluding carboxylic acids is 1. The lowest BCUT2D eigenvalue weighted by Gasteiger charge is -2.10. The lowest BCUT2D eigenvalue weighted by molar-refractivity contribution is -0.121. The summed E-state index contributed by atoms with van der Waals surface area (Å²) in [7, 11) is 1.92. The Morgan fingerprint density at radius 3 is 2.62 bits per heavy atom. The van der Waals surface area contributed by atoms with E-state index >= 15 is 0 Å². The van der Waals surface area contributed by atoms with Crippen LogP contribution < -0.4 is 5.32 Å². The standard InChI is InChI=1S/C16H26N6OS/c1-10(2)22-14(18-19-16(22)24)8-9-17-15(23)7-6-13-11(3)20-21(5)12(13)4/h10H,6-9H2,1-5H3,(H,17,23)(H,19,24). The number of hydrogen-bond acceptors (Lipinski definition) is 4. The smallest absolute Gasteiger partial charge is 0.220 e. The fourth-order valence-electron chi connectivity index (χ4n) is 2.87. The molecule has 132 valence electrons. The van der Waals surface area contributed by atoms with Gasteiger partial charge in [-0.15, -0.1) is 0 Å². The summed E-state index contributed by atoms with van der Waals surface area (Å²) < 4.78 is 4.45. The van der Waals surface area contributed by atoms with Crippen LogP contribution in [0, 0.1) is 18.6 Å². The fraction of sp³-hybridized carbons (Fsp3) is 0.625. The third-order valence-corrected chi connectivity index (χ3v) is 4.51. The first-order chi connectivity index (χ1) is 11.3. The Morgan fingerprint density at radius 1 is 1.33 bits per heavy atom. The molecule has 0 unspecified atom stereocenters. The summed E-state index contributed by atoms with van der Waals surface area (Å²) in [5, 5.41) is 14.4. The molecule has 2 aromatic heterocycles. The van der Waals surface area contributed by atoms with Gasteiger partial charge in [0.2, 0.25) is 5.91 Å². The average Bonchev–Trinajstić information content (AvgIpc) is 2.98. The number of amides is 1.